The molecular weight excluding hydrogens is 1180 g/mol. The van der Waals surface area contributed by atoms with Crippen molar-refractivity contribution in [1.82, 2.24) is 78.6 Å². The Kier molecular flexibility index (Phi) is 25.6. The Morgan fingerprint density at radius 1 is 0.736 bits per heavy atom. The fourth-order valence-electron chi connectivity index (χ4n) is 10.3. The van der Waals surface area contributed by atoms with E-state index in [-0.39, 0.29) is 94.4 Å². The van der Waals surface area contributed by atoms with Gasteiger partial charge in [0.25, 0.3) is 5.91 Å². The second-order valence-corrected chi connectivity index (χ2v) is 23.7. The number of aromatic amines is 2. The summed E-state index contributed by atoms with van der Waals surface area (Å²) in [6.07, 6.45) is 4.95. The third kappa shape index (κ3) is 21.7. The smallest absolute Gasteiger partial charge is 0.330 e. The van der Waals surface area contributed by atoms with Gasteiger partial charge < -0.3 is 89.1 Å². The molecule has 12 amide bonds. The molecule has 2 aromatic carbocycles. The van der Waals surface area contributed by atoms with Crippen LogP contribution in [0.4, 0.5) is 4.79 Å². The first-order chi connectivity index (χ1) is 43.2. The average molecular weight is 1270 g/mol. The number of imidazole rings is 1. The molecule has 9 atom stereocenters. The first-order valence-corrected chi connectivity index (χ1v) is 29.9. The van der Waals surface area contributed by atoms with Gasteiger partial charge in [0.15, 0.2) is 5.96 Å². The number of aromatic hydroxyl groups is 1. The molecule has 0 radical (unpaired) electrons. The van der Waals surface area contributed by atoms with Gasteiger partial charge in [-0.2, -0.15) is 0 Å². The number of para-hydroxylation sites is 1. The van der Waals surface area contributed by atoms with Crippen LogP contribution in [0.15, 0.2) is 67.3 Å². The highest BCUT2D eigenvalue weighted by Gasteiger charge is 2.40. The molecule has 4 heterocycles. The van der Waals surface area contributed by atoms with Gasteiger partial charge in [-0.25, -0.2) is 15.2 Å². The largest absolute Gasteiger partial charge is 0.508 e. The van der Waals surface area contributed by atoms with E-state index in [1.807, 2.05) is 5.43 Å². The molecule has 0 unspecified atom stereocenters. The quantitative estimate of drug-likeness (QED) is 0.0104. The van der Waals surface area contributed by atoms with Crippen molar-refractivity contribution in [2.45, 2.75) is 159 Å². The van der Waals surface area contributed by atoms with E-state index >= 15 is 0 Å². The number of H-pyrrole nitrogens is 2. The Morgan fingerprint density at radius 2 is 1.34 bits per heavy atom. The van der Waals surface area contributed by atoms with Crippen molar-refractivity contribution in [3.8, 4) is 5.75 Å². The summed E-state index contributed by atoms with van der Waals surface area (Å²) in [6.45, 7) is 7.33. The number of carbonyl (C=O) groups is 11. The highest BCUT2D eigenvalue weighted by molar-refractivity contribution is 5.99. The average Bonchev–Trinajstić information content (AvgIpc) is 1.85. The number of ether oxygens (including phenoxy) is 1. The molecule has 32 nitrogen and oxygen atoms in total. The number of hydrogen-bond donors (Lipinski definition) is 18. The molecule has 20 N–H and O–H groups in total. The molecule has 0 bridgehead atoms. The van der Waals surface area contributed by atoms with Crippen molar-refractivity contribution in [3.05, 3.63) is 84.1 Å². The number of aliphatic hydroxyl groups is 1. The minimum Gasteiger partial charge on any atom is -0.508 e. The number of phenolic OH excluding ortho intramolecular Hbond substituents is 1. The zero-order valence-electron chi connectivity index (χ0n) is 51.4. The number of aromatic nitrogens is 3. The fourth-order valence-corrected chi connectivity index (χ4v) is 10.3. The number of phenols is 1. The van der Waals surface area contributed by atoms with Crippen molar-refractivity contribution in [3.63, 3.8) is 0 Å². The molecule has 6 rings (SSSR count). The van der Waals surface area contributed by atoms with Gasteiger partial charge >= 0.3 is 6.03 Å². The lowest BCUT2D eigenvalue weighted by molar-refractivity contribution is -0.142. The van der Waals surface area contributed by atoms with Gasteiger partial charge in [-0.05, 0) is 94.5 Å². The molecule has 2 aromatic heterocycles. The van der Waals surface area contributed by atoms with Gasteiger partial charge in [0.1, 0.15) is 60.1 Å². The zero-order valence-corrected chi connectivity index (χ0v) is 51.4. The summed E-state index contributed by atoms with van der Waals surface area (Å²) in [7, 11) is 0. The minimum absolute atomic E-state index is 0.00232. The van der Waals surface area contributed by atoms with E-state index in [9.17, 15) is 63.0 Å². The van der Waals surface area contributed by atoms with Crippen molar-refractivity contribution >= 4 is 82.0 Å². The van der Waals surface area contributed by atoms with Gasteiger partial charge in [0, 0.05) is 62.1 Å². The Balaban J connectivity index is 1.24. The number of nitrogens with one attached hydrogen (secondary N) is 14. The molecule has 2 saturated heterocycles. The summed E-state index contributed by atoms with van der Waals surface area (Å²) in [5.41, 5.74) is 15.9. The van der Waals surface area contributed by atoms with Gasteiger partial charge in [-0.1, -0.05) is 44.2 Å². The van der Waals surface area contributed by atoms with Crippen LogP contribution in [0.25, 0.3) is 10.9 Å². The molecule has 2 aliphatic rings. The molecule has 4 aromatic rings. The normalized spacial score (nSPS) is 17.0. The summed E-state index contributed by atoms with van der Waals surface area (Å²) in [6, 6.07) is -0.755. The summed E-state index contributed by atoms with van der Waals surface area (Å²) < 4.78 is 6.02. The number of likely N-dealkylation sites (tertiary alicyclic amines) is 1. The summed E-state index contributed by atoms with van der Waals surface area (Å²) in [5.74, 6) is -8.74. The van der Waals surface area contributed by atoms with E-state index < -0.39 is 132 Å². The van der Waals surface area contributed by atoms with Crippen molar-refractivity contribution in [2.75, 3.05) is 26.3 Å². The van der Waals surface area contributed by atoms with E-state index in [0.29, 0.717) is 34.1 Å². The van der Waals surface area contributed by atoms with E-state index in [1.165, 1.54) is 41.7 Å². The van der Waals surface area contributed by atoms with E-state index in [0.717, 1.165) is 0 Å². The summed E-state index contributed by atoms with van der Waals surface area (Å²) >= 11 is 0. The highest BCUT2D eigenvalue weighted by atomic mass is 16.5. The molecule has 0 aliphatic carbocycles. The SMILES string of the molecule is CC(C)C[C@@H](NC(=O)[C@H](COC(C)(C)C)NC(=O)[C@@H](Cc1ccc(O)cc1)NC(=O)[C@@H](CO)NC(=O)[C@@H](Cc1c[nH]c2ccccc12)NC(=O)[C@@H](Cc1c[nH]cn1)NC(=O)[C@H]1CCC(=O)N1)C(=O)N[C@H](CCCNC(=N)N)C(=O)N1CCC[C@@H]1C(=O)NNC(N)=O. The lowest BCUT2D eigenvalue weighted by atomic mass is 10.0. The first kappa shape index (κ1) is 70.2. The maximum Gasteiger partial charge on any atom is 0.330 e. The van der Waals surface area contributed by atoms with Crippen LogP contribution in [-0.4, -0.2) is 187 Å². The van der Waals surface area contributed by atoms with Crippen LogP contribution in [0.5, 0.6) is 5.75 Å². The number of guanidine groups is 1. The first-order valence-electron chi connectivity index (χ1n) is 29.9. The monoisotopic (exact) mass is 1270 g/mol. The number of aliphatic hydroxyl groups excluding tert-OH is 1. The second kappa shape index (κ2) is 33.1. The molecular formula is C59H84N18O14. The van der Waals surface area contributed by atoms with Gasteiger partial charge in [0.05, 0.1) is 30.8 Å². The van der Waals surface area contributed by atoms with Crippen molar-refractivity contribution in [2.24, 2.45) is 17.4 Å². The molecule has 91 heavy (non-hydrogen) atoms. The minimum atomic E-state index is -1.80. The van der Waals surface area contributed by atoms with Gasteiger partial charge in [-0.3, -0.25) is 58.8 Å². The molecule has 2 aliphatic heterocycles. The summed E-state index contributed by atoms with van der Waals surface area (Å²) in [5, 5.41) is 52.9. The number of nitrogens with zero attached hydrogens (tertiary/aromatic N) is 2. The van der Waals surface area contributed by atoms with Gasteiger partial charge in [-0.15, -0.1) is 0 Å². The second-order valence-electron chi connectivity index (χ2n) is 23.7. The molecule has 0 saturated carbocycles. The Labute approximate surface area is 524 Å². The highest BCUT2D eigenvalue weighted by Crippen LogP contribution is 2.22. The number of benzene rings is 2. The van der Waals surface area contributed by atoms with Crippen LogP contribution in [-0.2, 0) is 71.9 Å². The number of hydrogen-bond acceptors (Lipinski definition) is 16. The van der Waals surface area contributed by atoms with Crippen molar-refractivity contribution in [1.29, 1.82) is 5.41 Å². The predicted molar refractivity (Wildman–Crippen MR) is 328 cm³/mol. The van der Waals surface area contributed by atoms with Gasteiger partial charge in [0.2, 0.25) is 53.2 Å². The van der Waals surface area contributed by atoms with Crippen LogP contribution in [0.3, 0.4) is 0 Å². The Morgan fingerprint density at radius 3 is 1.96 bits per heavy atom. The third-order valence-electron chi connectivity index (χ3n) is 14.9. The van der Waals surface area contributed by atoms with Crippen LogP contribution >= 0.6 is 0 Å². The van der Waals surface area contributed by atoms with Crippen LogP contribution in [0.2, 0.25) is 0 Å². The maximum atomic E-state index is 14.8. The lowest BCUT2D eigenvalue weighted by Crippen LogP contribution is -2.62. The number of hydrazine groups is 1. The standard InChI is InChI=1S/C59H84N18O14/c1-31(2)22-40(49(82)68-39(12-8-20-64-57(60)61)56(89)77-21-9-13-46(77)55(88)75-76-58(62)90)69-54(87)45(29-91-59(3,4)5)74-50(83)41(23-32-14-16-35(79)17-15-32)70-53(86)44(28-78)73-51(84)42(24-33-26-65-37-11-7-6-10-36(33)37)71-52(85)43(25-34-27-63-30-66-34)72-48(81)38-18-19-47(80)67-38/h6-7,10-11,14-17,26-27,30-31,38-46,65,78-79H,8-9,12-13,18-25,28-29H2,1-5H3,(H,63,66)(H,67,80)(H,68,82)(H,69,87)(H,70,86)(H,71,85)(H,72,81)(H,73,84)(H,74,83)(H,75,88)(H4,60,61,64)(H3,62,76,90)/t38-,39-,40-,41-,42-,43-,44-,45+,46-/m1/s1. The molecule has 0 spiro atoms. The zero-order chi connectivity index (χ0) is 66.5. The Bertz CT molecular complexity index is 3220. The number of fused-ring (bicyclic) bond motifs is 1. The molecule has 494 valence electrons. The van der Waals surface area contributed by atoms with Crippen LogP contribution in [0.1, 0.15) is 96.4 Å². The number of nitrogens with two attached hydrogens (primary N) is 2. The topological polar surface area (TPSA) is 493 Å². The van der Waals surface area contributed by atoms with E-state index in [4.69, 9.17) is 21.6 Å². The maximum absolute atomic E-state index is 14.8. The molecule has 2 fully saturated rings. The fraction of sp³-hybridized carbons (Fsp3) is 0.508. The van der Waals surface area contributed by atoms with E-state index in [1.54, 1.807) is 65.1 Å². The number of primary amides is 1. The number of rotatable bonds is 31. The number of urea groups is 1. The molecule has 32 heteroatoms. The number of amides is 12. The number of carbonyl (C=O) groups excluding carboxylic acids is 11. The van der Waals surface area contributed by atoms with Crippen LogP contribution < -0.4 is 70.2 Å². The van der Waals surface area contributed by atoms with Crippen LogP contribution in [0, 0.1) is 11.3 Å². The Hall–Kier alpha value is -9.85. The lowest BCUT2D eigenvalue weighted by Gasteiger charge is -2.31. The predicted octanol–water partition coefficient (Wildman–Crippen LogP) is -2.90. The van der Waals surface area contributed by atoms with Crippen molar-refractivity contribution < 1.29 is 67.7 Å². The van der Waals surface area contributed by atoms with E-state index in [2.05, 4.69) is 68.2 Å². The third-order valence-corrected chi connectivity index (χ3v) is 14.9. The summed E-state index contributed by atoms with van der Waals surface area (Å²) in [4.78, 5) is 163.